The van der Waals surface area contributed by atoms with Crippen LogP contribution < -0.4 is 5.73 Å². The van der Waals surface area contributed by atoms with Gasteiger partial charge in [0.05, 0.1) is 5.25 Å². The first-order valence-electron chi connectivity index (χ1n) is 8.32. The van der Waals surface area contributed by atoms with Crippen molar-refractivity contribution in [1.82, 2.24) is 9.80 Å². The van der Waals surface area contributed by atoms with Gasteiger partial charge in [-0.1, -0.05) is 13.3 Å². The lowest BCUT2D eigenvalue weighted by Gasteiger charge is -2.44. The highest BCUT2D eigenvalue weighted by molar-refractivity contribution is 7.91. The molecular weight excluding hydrogens is 286 g/mol. The molecule has 5 nitrogen and oxygen atoms in total. The van der Waals surface area contributed by atoms with Crippen molar-refractivity contribution < 1.29 is 8.42 Å². The molecule has 1 aliphatic carbocycles. The zero-order chi connectivity index (χ0) is 15.5. The van der Waals surface area contributed by atoms with E-state index in [1.807, 2.05) is 0 Å². The predicted octanol–water partition coefficient (Wildman–Crippen LogP) is 0.697. The van der Waals surface area contributed by atoms with Crippen LogP contribution in [0.25, 0.3) is 0 Å². The number of piperazine rings is 1. The molecule has 0 aromatic carbocycles. The Morgan fingerprint density at radius 3 is 2.38 bits per heavy atom. The SMILES string of the molecule is CCC(CN)N1CCN(C2CCCC(S(C)(=O)=O)C2)CC1. The van der Waals surface area contributed by atoms with Crippen LogP contribution in [0.3, 0.4) is 0 Å². The van der Waals surface area contributed by atoms with Gasteiger partial charge in [0.2, 0.25) is 0 Å². The van der Waals surface area contributed by atoms with E-state index in [0.29, 0.717) is 12.1 Å². The average molecular weight is 317 g/mol. The maximum atomic E-state index is 11.8. The molecule has 0 aromatic rings. The van der Waals surface area contributed by atoms with Gasteiger partial charge in [0, 0.05) is 51.1 Å². The summed E-state index contributed by atoms with van der Waals surface area (Å²) in [5, 5.41) is -0.123. The number of nitrogens with zero attached hydrogens (tertiary/aromatic N) is 2. The quantitative estimate of drug-likeness (QED) is 0.808. The van der Waals surface area contributed by atoms with Crippen LogP contribution in [0.15, 0.2) is 0 Å². The highest BCUT2D eigenvalue weighted by Gasteiger charge is 2.33. The Bertz CT molecular complexity index is 415. The van der Waals surface area contributed by atoms with Crippen molar-refractivity contribution >= 4 is 9.84 Å². The molecule has 0 amide bonds. The Morgan fingerprint density at radius 2 is 1.86 bits per heavy atom. The van der Waals surface area contributed by atoms with Crippen molar-refractivity contribution in [3.8, 4) is 0 Å². The lowest BCUT2D eigenvalue weighted by Crippen LogP contribution is -2.55. The summed E-state index contributed by atoms with van der Waals surface area (Å²) < 4.78 is 23.6. The van der Waals surface area contributed by atoms with Crippen LogP contribution in [0, 0.1) is 0 Å². The molecule has 1 saturated heterocycles. The van der Waals surface area contributed by atoms with Crippen LogP contribution in [-0.4, -0.2) is 74.5 Å². The maximum Gasteiger partial charge on any atom is 0.150 e. The molecule has 2 N–H and O–H groups in total. The summed E-state index contributed by atoms with van der Waals surface area (Å²) in [6.45, 7) is 7.17. The Kier molecular flexibility index (Phi) is 6.05. The lowest BCUT2D eigenvalue weighted by atomic mass is 9.93. The van der Waals surface area contributed by atoms with Crippen LogP contribution in [-0.2, 0) is 9.84 Å². The van der Waals surface area contributed by atoms with Crippen LogP contribution in [0.4, 0.5) is 0 Å². The molecule has 3 unspecified atom stereocenters. The van der Waals surface area contributed by atoms with Gasteiger partial charge < -0.3 is 5.73 Å². The standard InChI is InChI=1S/C15H31N3O2S/c1-3-13(12-16)17-7-9-18(10-8-17)14-5-4-6-15(11-14)21(2,19)20/h13-15H,3-12,16H2,1-2H3. The Hall–Kier alpha value is -0.170. The topological polar surface area (TPSA) is 66.6 Å². The fourth-order valence-electron chi connectivity index (χ4n) is 3.88. The molecule has 0 spiro atoms. The monoisotopic (exact) mass is 317 g/mol. The van der Waals surface area contributed by atoms with Crippen molar-refractivity contribution in [2.45, 2.75) is 56.4 Å². The average Bonchev–Trinajstić information content (AvgIpc) is 2.48. The third kappa shape index (κ3) is 4.41. The molecule has 2 fully saturated rings. The summed E-state index contributed by atoms with van der Waals surface area (Å²) in [7, 11) is -2.88. The number of hydrogen-bond donors (Lipinski definition) is 1. The van der Waals surface area contributed by atoms with Gasteiger partial charge in [-0.15, -0.1) is 0 Å². The van der Waals surface area contributed by atoms with E-state index in [-0.39, 0.29) is 5.25 Å². The van der Waals surface area contributed by atoms with E-state index < -0.39 is 9.84 Å². The summed E-state index contributed by atoms with van der Waals surface area (Å²) in [5.41, 5.74) is 5.84. The Labute approximate surface area is 129 Å². The summed E-state index contributed by atoms with van der Waals surface area (Å²) in [6.07, 6.45) is 6.37. The van der Waals surface area contributed by atoms with Gasteiger partial charge in [0.15, 0.2) is 0 Å². The second-order valence-corrected chi connectivity index (χ2v) is 8.97. The third-order valence-corrected chi connectivity index (χ3v) is 6.97. The van der Waals surface area contributed by atoms with Gasteiger partial charge in [-0.05, 0) is 25.7 Å². The molecule has 1 saturated carbocycles. The van der Waals surface area contributed by atoms with E-state index in [2.05, 4.69) is 16.7 Å². The van der Waals surface area contributed by atoms with Gasteiger partial charge in [0.1, 0.15) is 9.84 Å². The maximum absolute atomic E-state index is 11.8. The second kappa shape index (κ2) is 7.40. The smallest absolute Gasteiger partial charge is 0.150 e. The molecule has 6 heteroatoms. The van der Waals surface area contributed by atoms with E-state index in [1.54, 1.807) is 0 Å². The largest absolute Gasteiger partial charge is 0.329 e. The normalized spacial score (nSPS) is 31.2. The lowest BCUT2D eigenvalue weighted by molar-refractivity contribution is 0.0578. The molecule has 0 bridgehead atoms. The van der Waals surface area contributed by atoms with Crippen molar-refractivity contribution in [2.24, 2.45) is 5.73 Å². The number of rotatable bonds is 5. The highest BCUT2D eigenvalue weighted by atomic mass is 32.2. The first-order valence-corrected chi connectivity index (χ1v) is 10.3. The minimum Gasteiger partial charge on any atom is -0.329 e. The van der Waals surface area contributed by atoms with Crippen molar-refractivity contribution in [2.75, 3.05) is 39.0 Å². The van der Waals surface area contributed by atoms with E-state index in [9.17, 15) is 8.42 Å². The molecule has 1 aliphatic heterocycles. The Morgan fingerprint density at radius 1 is 1.19 bits per heavy atom. The molecule has 1 heterocycles. The van der Waals surface area contributed by atoms with Gasteiger partial charge in [0.25, 0.3) is 0 Å². The van der Waals surface area contributed by atoms with E-state index in [1.165, 1.54) is 6.26 Å². The van der Waals surface area contributed by atoms with Gasteiger partial charge in [-0.3, -0.25) is 9.80 Å². The van der Waals surface area contributed by atoms with Crippen LogP contribution in [0.5, 0.6) is 0 Å². The summed E-state index contributed by atoms with van der Waals surface area (Å²) in [6, 6.07) is 0.959. The summed E-state index contributed by atoms with van der Waals surface area (Å²) in [4.78, 5) is 5.00. The van der Waals surface area contributed by atoms with Crippen molar-refractivity contribution in [1.29, 1.82) is 0 Å². The molecule has 0 aromatic heterocycles. The van der Waals surface area contributed by atoms with Crippen molar-refractivity contribution in [3.63, 3.8) is 0 Å². The van der Waals surface area contributed by atoms with Crippen molar-refractivity contribution in [3.05, 3.63) is 0 Å². The number of nitrogens with two attached hydrogens (primary N) is 1. The zero-order valence-corrected chi connectivity index (χ0v) is 14.3. The third-order valence-electron chi connectivity index (χ3n) is 5.33. The van der Waals surface area contributed by atoms with E-state index in [0.717, 1.165) is 64.8 Å². The fraction of sp³-hybridized carbons (Fsp3) is 1.00. The van der Waals surface area contributed by atoms with E-state index >= 15 is 0 Å². The Balaban J connectivity index is 1.87. The van der Waals surface area contributed by atoms with Crippen LogP contribution in [0.2, 0.25) is 0 Å². The van der Waals surface area contributed by atoms with Gasteiger partial charge in [-0.25, -0.2) is 8.42 Å². The minimum absolute atomic E-state index is 0.123. The molecule has 21 heavy (non-hydrogen) atoms. The summed E-state index contributed by atoms with van der Waals surface area (Å²) in [5.74, 6) is 0. The van der Waals surface area contributed by atoms with Gasteiger partial charge in [-0.2, -0.15) is 0 Å². The zero-order valence-electron chi connectivity index (χ0n) is 13.5. The minimum atomic E-state index is -2.88. The molecular formula is C15H31N3O2S. The summed E-state index contributed by atoms with van der Waals surface area (Å²) >= 11 is 0. The van der Waals surface area contributed by atoms with Crippen LogP contribution in [0.1, 0.15) is 39.0 Å². The second-order valence-electron chi connectivity index (χ2n) is 6.64. The number of hydrogen-bond acceptors (Lipinski definition) is 5. The highest BCUT2D eigenvalue weighted by Crippen LogP contribution is 2.28. The molecule has 3 atom stereocenters. The molecule has 0 radical (unpaired) electrons. The first kappa shape index (κ1) is 17.2. The molecule has 124 valence electrons. The predicted molar refractivity (Wildman–Crippen MR) is 87.2 cm³/mol. The van der Waals surface area contributed by atoms with Gasteiger partial charge >= 0.3 is 0 Å². The molecule has 2 rings (SSSR count). The number of sulfone groups is 1. The van der Waals surface area contributed by atoms with E-state index in [4.69, 9.17) is 5.73 Å². The molecule has 2 aliphatic rings. The fourth-order valence-corrected chi connectivity index (χ4v) is 5.05. The first-order chi connectivity index (χ1) is 9.95. The van der Waals surface area contributed by atoms with Crippen LogP contribution >= 0.6 is 0 Å².